The summed E-state index contributed by atoms with van der Waals surface area (Å²) in [6.45, 7) is 2.27. The summed E-state index contributed by atoms with van der Waals surface area (Å²) < 4.78 is 10.2. The van der Waals surface area contributed by atoms with E-state index in [0.717, 1.165) is 27.3 Å². The molecule has 144 valence electrons. The molecule has 0 bridgehead atoms. The van der Waals surface area contributed by atoms with Crippen molar-refractivity contribution in [3.05, 3.63) is 59.7 Å². The summed E-state index contributed by atoms with van der Waals surface area (Å²) in [4.78, 5) is 23.5. The quantitative estimate of drug-likeness (QED) is 0.353. The highest BCUT2D eigenvalue weighted by molar-refractivity contribution is 5.85. The number of amides is 1. The molecule has 0 aliphatic heterocycles. The van der Waals surface area contributed by atoms with Crippen LogP contribution in [0.1, 0.15) is 30.4 Å². The van der Waals surface area contributed by atoms with Crippen LogP contribution in [0.5, 0.6) is 0 Å². The Kier molecular flexibility index (Phi) is 7.21. The molecule has 0 heterocycles. The van der Waals surface area contributed by atoms with Crippen LogP contribution in [-0.4, -0.2) is 36.8 Å². The average Bonchev–Trinajstić information content (AvgIpc) is 2.98. The highest BCUT2D eigenvalue weighted by Crippen LogP contribution is 2.44. The van der Waals surface area contributed by atoms with Gasteiger partial charge in [-0.1, -0.05) is 48.5 Å². The number of carbonyl (C=O) groups excluding carboxylic acids is 2. The molecule has 2 N–H and O–H groups in total. The fourth-order valence-electron chi connectivity index (χ4n) is 3.21. The molecule has 0 aromatic heterocycles. The van der Waals surface area contributed by atoms with E-state index in [1.807, 2.05) is 24.3 Å². The van der Waals surface area contributed by atoms with Crippen molar-refractivity contribution in [2.24, 2.45) is 5.84 Å². The van der Waals surface area contributed by atoms with Gasteiger partial charge < -0.3 is 9.47 Å². The zero-order valence-electron chi connectivity index (χ0n) is 15.1. The van der Waals surface area contributed by atoms with Gasteiger partial charge in [0.25, 0.3) is 0 Å². The number of nitrogens with two attached hydrogens (primary N) is 1. The van der Waals surface area contributed by atoms with E-state index in [9.17, 15) is 9.59 Å². The van der Waals surface area contributed by atoms with E-state index in [1.165, 1.54) is 0 Å². The van der Waals surface area contributed by atoms with E-state index in [1.54, 1.807) is 6.92 Å². The van der Waals surface area contributed by atoms with Gasteiger partial charge in [0.1, 0.15) is 6.61 Å². The van der Waals surface area contributed by atoms with Gasteiger partial charge in [0.15, 0.2) is 0 Å². The van der Waals surface area contributed by atoms with Crippen molar-refractivity contribution in [3.8, 4) is 11.1 Å². The summed E-state index contributed by atoms with van der Waals surface area (Å²) in [5.74, 6) is 5.27. The maximum atomic E-state index is 12.1. The number of nitrogens with zero attached hydrogens (tertiary/aromatic N) is 1. The second kappa shape index (κ2) is 9.39. The smallest absolute Gasteiger partial charge is 0.424 e. The van der Waals surface area contributed by atoms with Crippen LogP contribution >= 0.6 is 12.4 Å². The fraction of sp³-hybridized carbons (Fsp3) is 0.300. The molecule has 2 aromatic rings. The van der Waals surface area contributed by atoms with Crippen LogP contribution in [-0.2, 0) is 14.3 Å². The minimum atomic E-state index is -0.656. The number of hydrazine groups is 1. The van der Waals surface area contributed by atoms with Crippen LogP contribution in [0.4, 0.5) is 4.79 Å². The van der Waals surface area contributed by atoms with Crippen molar-refractivity contribution in [2.45, 2.75) is 19.3 Å². The third kappa shape index (κ3) is 4.59. The Bertz CT molecular complexity index is 767. The number of hydrogen-bond donors (Lipinski definition) is 1. The first-order chi connectivity index (χ1) is 12.6. The minimum Gasteiger partial charge on any atom is -0.466 e. The van der Waals surface area contributed by atoms with Crippen molar-refractivity contribution < 1.29 is 19.1 Å². The molecule has 3 rings (SSSR count). The van der Waals surface area contributed by atoms with Gasteiger partial charge in [-0.2, -0.15) is 0 Å². The van der Waals surface area contributed by atoms with Crippen LogP contribution in [0.25, 0.3) is 11.1 Å². The molecule has 2 aromatic carbocycles. The second-order valence-electron chi connectivity index (χ2n) is 6.05. The number of carbonyl (C=O) groups is 2. The van der Waals surface area contributed by atoms with Gasteiger partial charge >= 0.3 is 12.1 Å². The lowest BCUT2D eigenvalue weighted by atomic mass is 9.98. The van der Waals surface area contributed by atoms with E-state index in [2.05, 4.69) is 24.3 Å². The van der Waals surface area contributed by atoms with Crippen LogP contribution in [0.3, 0.4) is 0 Å². The summed E-state index contributed by atoms with van der Waals surface area (Å²) in [6.07, 6.45) is -0.620. The summed E-state index contributed by atoms with van der Waals surface area (Å²) in [7, 11) is 0. The largest absolute Gasteiger partial charge is 0.466 e. The lowest BCUT2D eigenvalue weighted by Gasteiger charge is -2.19. The molecule has 0 spiro atoms. The van der Waals surface area contributed by atoms with E-state index in [4.69, 9.17) is 15.3 Å². The molecule has 0 radical (unpaired) electrons. The molecule has 0 unspecified atom stereocenters. The minimum absolute atomic E-state index is 0. The van der Waals surface area contributed by atoms with Gasteiger partial charge in [-0.3, -0.25) is 4.79 Å². The number of ether oxygens (including phenoxy) is 2. The molecular weight excluding hydrogens is 368 g/mol. The summed E-state index contributed by atoms with van der Waals surface area (Å²) in [6, 6.07) is 16.2. The Morgan fingerprint density at radius 1 is 1.00 bits per heavy atom. The van der Waals surface area contributed by atoms with Crippen molar-refractivity contribution in [3.63, 3.8) is 0 Å². The molecular formula is C20H23ClN2O4. The first kappa shape index (κ1) is 20.7. The van der Waals surface area contributed by atoms with E-state index in [-0.39, 0.29) is 37.9 Å². The third-order valence-corrected chi connectivity index (χ3v) is 4.43. The molecule has 0 fully saturated rings. The molecule has 0 saturated heterocycles. The van der Waals surface area contributed by atoms with Gasteiger partial charge in [-0.25, -0.2) is 15.6 Å². The Morgan fingerprint density at radius 2 is 1.56 bits per heavy atom. The zero-order chi connectivity index (χ0) is 18.5. The lowest BCUT2D eigenvalue weighted by Crippen LogP contribution is -2.40. The van der Waals surface area contributed by atoms with Crippen molar-refractivity contribution in [1.82, 2.24) is 5.01 Å². The van der Waals surface area contributed by atoms with Gasteiger partial charge in [0.05, 0.1) is 19.6 Å². The maximum absolute atomic E-state index is 12.1. The maximum Gasteiger partial charge on any atom is 0.424 e. The Hall–Kier alpha value is -2.57. The van der Waals surface area contributed by atoms with Crippen LogP contribution in [0.2, 0.25) is 0 Å². The molecule has 1 amide bonds. The Morgan fingerprint density at radius 3 is 2.11 bits per heavy atom. The van der Waals surface area contributed by atoms with Crippen LogP contribution in [0.15, 0.2) is 48.5 Å². The van der Waals surface area contributed by atoms with E-state index in [0.29, 0.717) is 6.61 Å². The van der Waals surface area contributed by atoms with Gasteiger partial charge in [0, 0.05) is 5.92 Å². The first-order valence-corrected chi connectivity index (χ1v) is 8.64. The van der Waals surface area contributed by atoms with Gasteiger partial charge in [0.2, 0.25) is 0 Å². The van der Waals surface area contributed by atoms with Gasteiger partial charge in [-0.05, 0) is 29.2 Å². The second-order valence-corrected chi connectivity index (χ2v) is 6.05. The number of rotatable bonds is 6. The highest BCUT2D eigenvalue weighted by atomic mass is 35.5. The SMILES string of the molecule is CCOC(=O)CCN(N)C(=O)OCC1c2ccccc2-c2ccccc21.Cl. The molecule has 7 heteroatoms. The monoisotopic (exact) mass is 390 g/mol. The highest BCUT2D eigenvalue weighted by Gasteiger charge is 2.29. The van der Waals surface area contributed by atoms with Crippen molar-refractivity contribution in [1.29, 1.82) is 0 Å². The standard InChI is InChI=1S/C20H22N2O4.ClH/c1-2-25-19(23)11-12-22(21)20(24)26-13-18-16-9-5-3-7-14(16)15-8-4-6-10-17(15)18;/h3-10,18H,2,11-13,21H2,1H3;1H. The predicted octanol–water partition coefficient (Wildman–Crippen LogP) is 3.49. The number of benzene rings is 2. The summed E-state index contributed by atoms with van der Waals surface area (Å²) in [5, 5.41) is 0.906. The first-order valence-electron chi connectivity index (χ1n) is 8.64. The lowest BCUT2D eigenvalue weighted by molar-refractivity contribution is -0.143. The Labute approximate surface area is 164 Å². The van der Waals surface area contributed by atoms with Gasteiger partial charge in [-0.15, -0.1) is 12.4 Å². The zero-order valence-corrected chi connectivity index (χ0v) is 15.9. The third-order valence-electron chi connectivity index (χ3n) is 4.43. The number of hydrogen-bond acceptors (Lipinski definition) is 5. The molecule has 0 saturated carbocycles. The van der Waals surface area contributed by atoms with Crippen LogP contribution in [0, 0.1) is 0 Å². The summed E-state index contributed by atoms with van der Waals surface area (Å²) >= 11 is 0. The molecule has 0 atom stereocenters. The number of esters is 1. The van der Waals surface area contributed by atoms with E-state index < -0.39 is 12.1 Å². The molecule has 6 nitrogen and oxygen atoms in total. The summed E-state index contributed by atoms with van der Waals surface area (Å²) in [5.41, 5.74) is 4.60. The topological polar surface area (TPSA) is 81.9 Å². The Balaban J connectivity index is 0.00000261. The molecule has 1 aliphatic carbocycles. The number of halogens is 1. The normalized spacial score (nSPS) is 11.8. The fourth-order valence-corrected chi connectivity index (χ4v) is 3.21. The van der Waals surface area contributed by atoms with E-state index >= 15 is 0 Å². The molecule has 27 heavy (non-hydrogen) atoms. The molecule has 1 aliphatic rings. The average molecular weight is 391 g/mol. The van der Waals surface area contributed by atoms with Crippen LogP contribution < -0.4 is 5.84 Å². The van der Waals surface area contributed by atoms with Crippen molar-refractivity contribution >= 4 is 24.5 Å². The van der Waals surface area contributed by atoms with Crippen molar-refractivity contribution in [2.75, 3.05) is 19.8 Å². The number of fused-ring (bicyclic) bond motifs is 3. The predicted molar refractivity (Wildman–Crippen MR) is 104 cm³/mol.